The van der Waals surface area contributed by atoms with Crippen molar-refractivity contribution < 1.29 is 9.59 Å². The fourth-order valence-electron chi connectivity index (χ4n) is 3.42. The molecule has 1 aliphatic rings. The highest BCUT2D eigenvalue weighted by Gasteiger charge is 2.43. The molecule has 0 radical (unpaired) electrons. The predicted molar refractivity (Wildman–Crippen MR) is 120 cm³/mol. The number of thiophene rings is 1. The van der Waals surface area contributed by atoms with E-state index < -0.39 is 6.04 Å². The first-order chi connectivity index (χ1) is 14.0. The lowest BCUT2D eigenvalue weighted by Crippen LogP contribution is -2.45. The van der Waals surface area contributed by atoms with Gasteiger partial charge >= 0.3 is 0 Å². The molecule has 3 aromatic rings. The number of nitrogens with zero attached hydrogens (tertiary/aromatic N) is 1. The molecule has 1 aromatic heterocycles. The number of carbonyl (C=O) groups is 2. The molecule has 1 saturated heterocycles. The monoisotopic (exact) mass is 422 g/mol. The summed E-state index contributed by atoms with van der Waals surface area (Å²) in [5.74, 6) is 0.315. The van der Waals surface area contributed by atoms with Gasteiger partial charge in [-0.2, -0.15) is 0 Å². The minimum Gasteiger partial charge on any atom is -0.324 e. The third-order valence-corrected chi connectivity index (χ3v) is 7.40. The van der Waals surface area contributed by atoms with E-state index in [2.05, 4.69) is 5.32 Å². The number of anilines is 1. The summed E-state index contributed by atoms with van der Waals surface area (Å²) in [5.41, 5.74) is 3.43. The van der Waals surface area contributed by atoms with Crippen molar-refractivity contribution in [1.29, 1.82) is 0 Å². The molecule has 4 nitrogen and oxygen atoms in total. The first kappa shape index (κ1) is 19.7. The number of nitrogens with one attached hydrogen (secondary N) is 1. The Balaban J connectivity index is 1.65. The van der Waals surface area contributed by atoms with Gasteiger partial charge in [0.2, 0.25) is 5.91 Å². The Morgan fingerprint density at radius 1 is 1.00 bits per heavy atom. The number of thioether (sulfide) groups is 1. The van der Waals surface area contributed by atoms with E-state index in [-0.39, 0.29) is 17.2 Å². The van der Waals surface area contributed by atoms with E-state index in [1.807, 2.05) is 79.9 Å². The smallest absolute Gasteiger partial charge is 0.256 e. The standard InChI is InChI=1S/C23H22N2O2S2/c1-15-9-11-17(12-10-15)24-21(26)19-14-29-23(20-8-5-13-28-20)25(19)22(27)18-7-4-3-6-16(18)2/h3-13,19,23H,14H2,1-2H3,(H,24,26). The highest BCUT2D eigenvalue weighted by Crippen LogP contribution is 2.44. The van der Waals surface area contributed by atoms with Gasteiger partial charge in [-0.05, 0) is 49.1 Å². The molecule has 4 rings (SSSR count). The number of hydrogen-bond acceptors (Lipinski definition) is 4. The van der Waals surface area contributed by atoms with Crippen LogP contribution in [0.3, 0.4) is 0 Å². The minimum atomic E-state index is -0.527. The Bertz CT molecular complexity index is 1020. The molecule has 148 valence electrons. The van der Waals surface area contributed by atoms with E-state index >= 15 is 0 Å². The zero-order valence-corrected chi connectivity index (χ0v) is 17.9. The lowest BCUT2D eigenvalue weighted by atomic mass is 10.1. The van der Waals surface area contributed by atoms with Crippen LogP contribution in [0.1, 0.15) is 31.7 Å². The number of amides is 2. The molecule has 2 heterocycles. The van der Waals surface area contributed by atoms with Crippen LogP contribution in [-0.2, 0) is 4.79 Å². The maximum absolute atomic E-state index is 13.5. The lowest BCUT2D eigenvalue weighted by molar-refractivity contribution is -0.119. The average Bonchev–Trinajstić information content (AvgIpc) is 3.39. The quantitative estimate of drug-likeness (QED) is 0.624. The molecule has 0 bridgehead atoms. The van der Waals surface area contributed by atoms with Crippen LogP contribution < -0.4 is 5.32 Å². The normalized spacial score (nSPS) is 18.6. The van der Waals surface area contributed by atoms with E-state index in [4.69, 9.17) is 0 Å². The van der Waals surface area contributed by atoms with Crippen LogP contribution in [0.15, 0.2) is 66.0 Å². The fraction of sp³-hybridized carbons (Fsp3) is 0.217. The molecule has 0 saturated carbocycles. The first-order valence-electron chi connectivity index (χ1n) is 9.45. The summed E-state index contributed by atoms with van der Waals surface area (Å²) in [5, 5.41) is 4.83. The molecule has 0 aliphatic carbocycles. The van der Waals surface area contributed by atoms with Crippen molar-refractivity contribution in [1.82, 2.24) is 4.90 Å². The van der Waals surface area contributed by atoms with Crippen LogP contribution in [-0.4, -0.2) is 28.5 Å². The second-order valence-corrected chi connectivity index (χ2v) is 9.19. The fourth-order valence-corrected chi connectivity index (χ4v) is 5.82. The van der Waals surface area contributed by atoms with Crippen molar-refractivity contribution in [3.63, 3.8) is 0 Å². The lowest BCUT2D eigenvalue weighted by Gasteiger charge is -2.29. The second kappa shape index (κ2) is 8.43. The Hall–Kier alpha value is -2.57. The predicted octanol–water partition coefficient (Wildman–Crippen LogP) is 5.26. The number of benzene rings is 2. The molecule has 1 N–H and O–H groups in total. The van der Waals surface area contributed by atoms with Gasteiger partial charge < -0.3 is 10.2 Å². The molecule has 29 heavy (non-hydrogen) atoms. The van der Waals surface area contributed by atoms with E-state index in [1.54, 1.807) is 28.0 Å². The Labute approximate surface area is 178 Å². The molecule has 0 spiro atoms. The van der Waals surface area contributed by atoms with E-state index in [0.717, 1.165) is 21.7 Å². The number of rotatable bonds is 4. The molecule has 2 aromatic carbocycles. The number of carbonyl (C=O) groups excluding carboxylic acids is 2. The van der Waals surface area contributed by atoms with E-state index in [1.165, 1.54) is 0 Å². The average molecular weight is 423 g/mol. The van der Waals surface area contributed by atoms with Gasteiger partial charge in [0.15, 0.2) is 0 Å². The maximum Gasteiger partial charge on any atom is 0.256 e. The van der Waals surface area contributed by atoms with Crippen LogP contribution in [0.25, 0.3) is 0 Å². The summed E-state index contributed by atoms with van der Waals surface area (Å²) in [6.07, 6.45) is 0. The Morgan fingerprint density at radius 2 is 1.76 bits per heavy atom. The van der Waals surface area contributed by atoms with Crippen molar-refractivity contribution in [2.45, 2.75) is 25.3 Å². The zero-order chi connectivity index (χ0) is 20.4. The molecule has 6 heteroatoms. The van der Waals surface area contributed by atoms with Crippen LogP contribution in [0.4, 0.5) is 5.69 Å². The third kappa shape index (κ3) is 4.09. The summed E-state index contributed by atoms with van der Waals surface area (Å²) in [7, 11) is 0. The number of aryl methyl sites for hydroxylation is 2. The van der Waals surface area contributed by atoms with Crippen LogP contribution in [0.2, 0.25) is 0 Å². The Morgan fingerprint density at radius 3 is 2.45 bits per heavy atom. The van der Waals surface area contributed by atoms with E-state index in [9.17, 15) is 9.59 Å². The van der Waals surface area contributed by atoms with Gasteiger partial charge in [-0.25, -0.2) is 0 Å². The van der Waals surface area contributed by atoms with Gasteiger partial charge in [0.05, 0.1) is 0 Å². The molecular formula is C23H22N2O2S2. The third-order valence-electron chi connectivity index (χ3n) is 5.02. The summed E-state index contributed by atoms with van der Waals surface area (Å²) in [4.78, 5) is 29.5. The summed E-state index contributed by atoms with van der Waals surface area (Å²) in [6.45, 7) is 3.94. The van der Waals surface area contributed by atoms with Crippen LogP contribution >= 0.6 is 23.1 Å². The van der Waals surface area contributed by atoms with Gasteiger partial charge in [0.25, 0.3) is 5.91 Å². The highest BCUT2D eigenvalue weighted by molar-refractivity contribution is 7.99. The highest BCUT2D eigenvalue weighted by atomic mass is 32.2. The second-order valence-electron chi connectivity index (χ2n) is 7.10. The first-order valence-corrected chi connectivity index (χ1v) is 11.4. The van der Waals surface area contributed by atoms with Crippen molar-refractivity contribution in [3.05, 3.63) is 87.6 Å². The molecule has 2 unspecified atom stereocenters. The Kier molecular flexibility index (Phi) is 5.74. The largest absolute Gasteiger partial charge is 0.324 e. The molecule has 1 aliphatic heterocycles. The van der Waals surface area contributed by atoms with Crippen molar-refractivity contribution in [2.24, 2.45) is 0 Å². The van der Waals surface area contributed by atoms with Crippen molar-refractivity contribution in [3.8, 4) is 0 Å². The summed E-state index contributed by atoms with van der Waals surface area (Å²) >= 11 is 3.25. The SMILES string of the molecule is Cc1ccc(NC(=O)C2CSC(c3cccs3)N2C(=O)c2ccccc2C)cc1. The van der Waals surface area contributed by atoms with Gasteiger partial charge in [0, 0.05) is 21.9 Å². The summed E-state index contributed by atoms with van der Waals surface area (Å²) in [6, 6.07) is 18.7. The van der Waals surface area contributed by atoms with Crippen LogP contribution in [0.5, 0.6) is 0 Å². The maximum atomic E-state index is 13.5. The van der Waals surface area contributed by atoms with Gasteiger partial charge in [-0.15, -0.1) is 23.1 Å². The van der Waals surface area contributed by atoms with Crippen LogP contribution in [0, 0.1) is 13.8 Å². The topological polar surface area (TPSA) is 49.4 Å². The van der Waals surface area contributed by atoms with Gasteiger partial charge in [-0.1, -0.05) is 42.0 Å². The summed E-state index contributed by atoms with van der Waals surface area (Å²) < 4.78 is 0. The zero-order valence-electron chi connectivity index (χ0n) is 16.3. The molecule has 1 fully saturated rings. The number of hydrogen-bond donors (Lipinski definition) is 1. The van der Waals surface area contributed by atoms with Crippen molar-refractivity contribution >= 4 is 40.6 Å². The van der Waals surface area contributed by atoms with Gasteiger partial charge in [-0.3, -0.25) is 9.59 Å². The molecular weight excluding hydrogens is 400 g/mol. The van der Waals surface area contributed by atoms with Crippen molar-refractivity contribution in [2.75, 3.05) is 11.1 Å². The minimum absolute atomic E-state index is 0.101. The molecule has 2 atom stereocenters. The van der Waals surface area contributed by atoms with E-state index in [0.29, 0.717) is 11.3 Å². The molecule has 2 amide bonds. The van der Waals surface area contributed by atoms with Gasteiger partial charge in [0.1, 0.15) is 11.4 Å².